The second kappa shape index (κ2) is 9.57. The minimum Gasteiger partial charge on any atom is -0.392 e. The molecule has 2 nitrogen and oxygen atoms in total. The Morgan fingerprint density at radius 1 is 1.03 bits per heavy atom. The van der Waals surface area contributed by atoms with Crippen molar-refractivity contribution in [1.29, 1.82) is 0 Å². The lowest BCUT2D eigenvalue weighted by Gasteiger charge is -2.24. The van der Waals surface area contributed by atoms with Crippen molar-refractivity contribution >= 4 is 6.08 Å². The van der Waals surface area contributed by atoms with Crippen molar-refractivity contribution < 1.29 is 18.3 Å². The molecule has 1 heterocycles. The Balaban J connectivity index is 3.02. The van der Waals surface area contributed by atoms with Gasteiger partial charge >= 0.3 is 6.18 Å². The van der Waals surface area contributed by atoms with Crippen molar-refractivity contribution in [3.8, 4) is 11.1 Å². The van der Waals surface area contributed by atoms with Gasteiger partial charge in [-0.2, -0.15) is 13.2 Å². The van der Waals surface area contributed by atoms with E-state index < -0.39 is 11.7 Å². The van der Waals surface area contributed by atoms with Crippen LogP contribution in [0.3, 0.4) is 0 Å². The van der Waals surface area contributed by atoms with E-state index >= 15 is 0 Å². The van der Waals surface area contributed by atoms with Crippen LogP contribution in [0.5, 0.6) is 0 Å². The summed E-state index contributed by atoms with van der Waals surface area (Å²) in [4.78, 5) is 4.81. The van der Waals surface area contributed by atoms with Crippen LogP contribution < -0.4 is 0 Å². The Hall–Kier alpha value is -2.14. The van der Waals surface area contributed by atoms with Crippen LogP contribution in [0, 0.1) is 0 Å². The molecule has 0 atom stereocenters. The van der Waals surface area contributed by atoms with Crippen molar-refractivity contribution in [3.05, 3.63) is 58.4 Å². The highest BCUT2D eigenvalue weighted by Gasteiger charge is 2.35. The zero-order valence-electron chi connectivity index (χ0n) is 17.8. The second-order valence-electron chi connectivity index (χ2n) is 7.85. The molecule has 1 aromatic carbocycles. The van der Waals surface area contributed by atoms with Crippen LogP contribution in [0.4, 0.5) is 13.2 Å². The lowest BCUT2D eigenvalue weighted by Crippen LogP contribution is -2.13. The second-order valence-corrected chi connectivity index (χ2v) is 7.85. The Bertz CT molecular complexity index is 867. The number of unbranched alkanes of at least 4 members (excludes halogenated alkanes) is 1. The van der Waals surface area contributed by atoms with Gasteiger partial charge in [-0.05, 0) is 35.4 Å². The smallest absolute Gasteiger partial charge is 0.392 e. The van der Waals surface area contributed by atoms with E-state index in [0.717, 1.165) is 24.6 Å². The molecule has 0 spiro atoms. The highest BCUT2D eigenvalue weighted by Crippen LogP contribution is 2.43. The number of aliphatic hydroxyl groups excluding tert-OH is 1. The summed E-state index contributed by atoms with van der Waals surface area (Å²) in [6, 6.07) is 5.59. The Labute approximate surface area is 171 Å². The number of halogens is 3. The molecular formula is C24H30F3NO. The Morgan fingerprint density at radius 3 is 2.17 bits per heavy atom. The van der Waals surface area contributed by atoms with Crippen LogP contribution in [0.25, 0.3) is 17.2 Å². The van der Waals surface area contributed by atoms with Crippen molar-refractivity contribution in [2.45, 2.75) is 72.1 Å². The number of aliphatic hydroxyl groups is 1. The van der Waals surface area contributed by atoms with E-state index in [4.69, 9.17) is 4.98 Å². The number of hydrogen-bond acceptors (Lipinski definition) is 2. The molecule has 0 aliphatic carbocycles. The minimum absolute atomic E-state index is 0.0262. The summed E-state index contributed by atoms with van der Waals surface area (Å²) < 4.78 is 41.5. The monoisotopic (exact) mass is 405 g/mol. The molecule has 0 saturated heterocycles. The molecule has 1 aromatic heterocycles. The van der Waals surface area contributed by atoms with Gasteiger partial charge < -0.3 is 5.11 Å². The lowest BCUT2D eigenvalue weighted by atomic mass is 9.85. The molecule has 0 aliphatic heterocycles. The fourth-order valence-corrected chi connectivity index (χ4v) is 3.55. The largest absolute Gasteiger partial charge is 0.417 e. The third-order valence-electron chi connectivity index (χ3n) is 4.89. The van der Waals surface area contributed by atoms with Gasteiger partial charge in [-0.15, -0.1) is 0 Å². The molecule has 0 amide bonds. The average molecular weight is 406 g/mol. The number of nitrogens with zero attached hydrogens (tertiary/aromatic N) is 1. The maximum Gasteiger partial charge on any atom is 0.417 e. The van der Waals surface area contributed by atoms with Crippen LogP contribution in [-0.2, 0) is 12.8 Å². The van der Waals surface area contributed by atoms with Gasteiger partial charge in [0.25, 0.3) is 0 Å². The molecule has 1 N–H and O–H groups in total. The summed E-state index contributed by atoms with van der Waals surface area (Å²) in [5, 5.41) is 10.2. The number of rotatable bonds is 7. The maximum atomic E-state index is 13.8. The van der Waals surface area contributed by atoms with E-state index in [0.29, 0.717) is 22.4 Å². The lowest BCUT2D eigenvalue weighted by molar-refractivity contribution is -0.137. The van der Waals surface area contributed by atoms with Crippen molar-refractivity contribution in [1.82, 2.24) is 4.98 Å². The first-order chi connectivity index (χ1) is 13.6. The normalized spacial score (nSPS) is 12.5. The summed E-state index contributed by atoms with van der Waals surface area (Å²) in [5.74, 6) is -0.00145. The minimum atomic E-state index is -4.49. The average Bonchev–Trinajstić information content (AvgIpc) is 2.66. The van der Waals surface area contributed by atoms with Crippen LogP contribution in [0.1, 0.15) is 87.4 Å². The fourth-order valence-electron chi connectivity index (χ4n) is 3.55. The molecule has 29 heavy (non-hydrogen) atoms. The number of aromatic nitrogens is 1. The summed E-state index contributed by atoms with van der Waals surface area (Å²) in [6.45, 7) is 9.54. The van der Waals surface area contributed by atoms with E-state index in [2.05, 4.69) is 0 Å². The molecule has 2 rings (SSSR count). The molecule has 0 fully saturated rings. The van der Waals surface area contributed by atoms with Crippen molar-refractivity contribution in [3.63, 3.8) is 0 Å². The standard InChI is InChI=1S/C24H30F3NO/c1-6-7-8-12-18-21(17-11-9-10-13-20(17)24(25,26)27)19(14-29)23(16(4)5)28-22(18)15(2)3/h8-13,15-16,29H,6-7,14H2,1-5H3. The molecule has 0 saturated carbocycles. The molecule has 158 valence electrons. The van der Waals surface area contributed by atoms with E-state index in [1.54, 1.807) is 6.07 Å². The molecule has 0 bridgehead atoms. The molecule has 0 radical (unpaired) electrons. The van der Waals surface area contributed by atoms with E-state index in [1.807, 2.05) is 46.8 Å². The highest BCUT2D eigenvalue weighted by atomic mass is 19.4. The zero-order valence-corrected chi connectivity index (χ0v) is 17.8. The van der Waals surface area contributed by atoms with Gasteiger partial charge in [-0.25, -0.2) is 0 Å². The highest BCUT2D eigenvalue weighted by molar-refractivity contribution is 5.82. The Kier molecular flexibility index (Phi) is 7.64. The van der Waals surface area contributed by atoms with Gasteiger partial charge in [0.15, 0.2) is 0 Å². The van der Waals surface area contributed by atoms with Gasteiger partial charge in [-0.3, -0.25) is 4.98 Å². The van der Waals surface area contributed by atoms with Gasteiger partial charge in [0.05, 0.1) is 17.9 Å². The number of benzene rings is 1. The van der Waals surface area contributed by atoms with Crippen LogP contribution in [0.15, 0.2) is 30.3 Å². The van der Waals surface area contributed by atoms with E-state index in [1.165, 1.54) is 12.1 Å². The first-order valence-corrected chi connectivity index (χ1v) is 10.1. The SMILES string of the molecule is CCCC=Cc1c(C(C)C)nc(C(C)C)c(CO)c1-c1ccccc1C(F)(F)F. The van der Waals surface area contributed by atoms with Crippen LogP contribution >= 0.6 is 0 Å². The van der Waals surface area contributed by atoms with E-state index in [-0.39, 0.29) is 24.0 Å². The van der Waals surface area contributed by atoms with E-state index in [9.17, 15) is 18.3 Å². The number of alkyl halides is 3. The number of hydrogen-bond donors (Lipinski definition) is 1. The number of pyridine rings is 1. The molecule has 0 aliphatic rings. The third-order valence-corrected chi connectivity index (χ3v) is 4.89. The predicted molar refractivity (Wildman–Crippen MR) is 113 cm³/mol. The van der Waals surface area contributed by atoms with Crippen molar-refractivity contribution in [2.75, 3.05) is 0 Å². The molecular weight excluding hydrogens is 375 g/mol. The number of allylic oxidation sites excluding steroid dienone is 1. The first-order valence-electron chi connectivity index (χ1n) is 10.1. The third kappa shape index (κ3) is 5.08. The summed E-state index contributed by atoms with van der Waals surface area (Å²) in [6.07, 6.45) is 1.11. The van der Waals surface area contributed by atoms with Crippen LogP contribution in [0.2, 0.25) is 0 Å². The van der Waals surface area contributed by atoms with Gasteiger partial charge in [-0.1, -0.05) is 71.4 Å². The summed E-state index contributed by atoms with van der Waals surface area (Å²) in [5.41, 5.74) is 2.37. The molecule has 2 aromatic rings. The Morgan fingerprint density at radius 2 is 1.66 bits per heavy atom. The molecule has 0 unspecified atom stereocenters. The van der Waals surface area contributed by atoms with Gasteiger partial charge in [0.1, 0.15) is 0 Å². The fraction of sp³-hybridized carbons (Fsp3) is 0.458. The summed E-state index contributed by atoms with van der Waals surface area (Å²) >= 11 is 0. The van der Waals surface area contributed by atoms with Crippen molar-refractivity contribution in [2.24, 2.45) is 0 Å². The quantitative estimate of drug-likeness (QED) is 0.523. The van der Waals surface area contributed by atoms with Gasteiger partial charge in [0.2, 0.25) is 0 Å². The topological polar surface area (TPSA) is 33.1 Å². The predicted octanol–water partition coefficient (Wildman–Crippen LogP) is 7.32. The van der Waals surface area contributed by atoms with Gasteiger partial charge in [0, 0.05) is 16.8 Å². The maximum absolute atomic E-state index is 13.8. The van der Waals surface area contributed by atoms with Crippen LogP contribution in [-0.4, -0.2) is 10.1 Å². The zero-order chi connectivity index (χ0) is 21.8. The molecule has 5 heteroatoms. The first kappa shape index (κ1) is 23.1. The summed E-state index contributed by atoms with van der Waals surface area (Å²) in [7, 11) is 0.